The molecule has 1 saturated heterocycles. The Morgan fingerprint density at radius 2 is 2.13 bits per heavy atom. The normalized spacial score (nSPS) is 15.0. The molecule has 1 N–H and O–H groups in total. The predicted molar refractivity (Wildman–Crippen MR) is 86.4 cm³/mol. The Bertz CT molecular complexity index is 706. The molecule has 0 unspecified atom stereocenters. The second-order valence-corrected chi connectivity index (χ2v) is 5.34. The molecule has 7 heteroatoms. The smallest absolute Gasteiger partial charge is 0.218 e. The first-order valence-electron chi connectivity index (χ1n) is 7.53. The van der Waals surface area contributed by atoms with Crippen LogP contribution in [0.5, 0.6) is 5.88 Å². The first kappa shape index (κ1) is 15.0. The van der Waals surface area contributed by atoms with E-state index in [9.17, 15) is 5.26 Å². The number of aromatic nitrogens is 3. The number of ether oxygens (including phenoxy) is 1. The van der Waals surface area contributed by atoms with Crippen molar-refractivity contribution in [3.8, 4) is 11.9 Å². The van der Waals surface area contributed by atoms with Gasteiger partial charge in [0.2, 0.25) is 5.88 Å². The molecule has 7 nitrogen and oxygen atoms in total. The predicted octanol–water partition coefficient (Wildman–Crippen LogP) is 1.83. The lowest BCUT2D eigenvalue weighted by Crippen LogP contribution is -2.40. The number of nitrogens with one attached hydrogen (secondary N) is 1. The van der Waals surface area contributed by atoms with Gasteiger partial charge in [-0.1, -0.05) is 0 Å². The largest absolute Gasteiger partial charge is 0.481 e. The van der Waals surface area contributed by atoms with E-state index >= 15 is 0 Å². The molecule has 1 aliphatic heterocycles. The van der Waals surface area contributed by atoms with E-state index in [0.29, 0.717) is 17.5 Å². The number of pyridine rings is 1. The number of nitriles is 1. The van der Waals surface area contributed by atoms with Crippen molar-refractivity contribution in [3.63, 3.8) is 0 Å². The van der Waals surface area contributed by atoms with Gasteiger partial charge in [0, 0.05) is 31.4 Å². The molecule has 2 aromatic heterocycles. The summed E-state index contributed by atoms with van der Waals surface area (Å²) in [7, 11) is 1.59. The van der Waals surface area contributed by atoms with Gasteiger partial charge in [-0.2, -0.15) is 5.26 Å². The summed E-state index contributed by atoms with van der Waals surface area (Å²) in [6, 6.07) is 7.93. The van der Waals surface area contributed by atoms with E-state index < -0.39 is 0 Å². The molecule has 1 fully saturated rings. The maximum atomic E-state index is 9.19. The highest BCUT2D eigenvalue weighted by atomic mass is 16.5. The lowest BCUT2D eigenvalue weighted by Gasteiger charge is -2.33. The van der Waals surface area contributed by atoms with Crippen molar-refractivity contribution in [1.29, 1.82) is 5.26 Å². The van der Waals surface area contributed by atoms with Gasteiger partial charge in [-0.15, -0.1) is 0 Å². The summed E-state index contributed by atoms with van der Waals surface area (Å²) < 4.78 is 5.11. The molecule has 0 amide bonds. The Morgan fingerprint density at radius 1 is 1.30 bits per heavy atom. The Labute approximate surface area is 135 Å². The fourth-order valence-electron chi connectivity index (χ4n) is 2.71. The van der Waals surface area contributed by atoms with Crippen molar-refractivity contribution in [2.45, 2.75) is 18.9 Å². The topological polar surface area (TPSA) is 87.0 Å². The zero-order valence-corrected chi connectivity index (χ0v) is 12.9. The lowest BCUT2D eigenvalue weighted by atomic mass is 10.0. The van der Waals surface area contributed by atoms with Crippen LogP contribution in [0.15, 0.2) is 30.7 Å². The van der Waals surface area contributed by atoms with Crippen molar-refractivity contribution < 1.29 is 4.74 Å². The fourth-order valence-corrected chi connectivity index (χ4v) is 2.71. The molecule has 2 aromatic rings. The molecule has 1 aliphatic rings. The average Bonchev–Trinajstić information content (AvgIpc) is 2.62. The molecule has 23 heavy (non-hydrogen) atoms. The first-order valence-corrected chi connectivity index (χ1v) is 7.53. The molecule has 0 spiro atoms. The second-order valence-electron chi connectivity index (χ2n) is 5.34. The van der Waals surface area contributed by atoms with Crippen LogP contribution < -0.4 is 15.0 Å². The van der Waals surface area contributed by atoms with Gasteiger partial charge in [-0.05, 0) is 25.0 Å². The number of nitrogens with zero attached hydrogens (tertiary/aromatic N) is 5. The van der Waals surface area contributed by atoms with Gasteiger partial charge in [-0.3, -0.25) is 0 Å². The van der Waals surface area contributed by atoms with Gasteiger partial charge < -0.3 is 15.0 Å². The van der Waals surface area contributed by atoms with Crippen LogP contribution in [0.25, 0.3) is 0 Å². The van der Waals surface area contributed by atoms with Crippen LogP contribution in [0.2, 0.25) is 0 Å². The van der Waals surface area contributed by atoms with Gasteiger partial charge in [0.25, 0.3) is 0 Å². The second kappa shape index (κ2) is 6.92. The van der Waals surface area contributed by atoms with E-state index in [1.165, 1.54) is 6.33 Å². The summed E-state index contributed by atoms with van der Waals surface area (Å²) in [4.78, 5) is 14.7. The Hall–Kier alpha value is -2.88. The van der Waals surface area contributed by atoms with Crippen LogP contribution in [0, 0.1) is 11.3 Å². The summed E-state index contributed by atoms with van der Waals surface area (Å²) in [5.74, 6) is 2.09. The van der Waals surface area contributed by atoms with E-state index in [2.05, 4.69) is 31.2 Å². The summed E-state index contributed by atoms with van der Waals surface area (Å²) in [5, 5.41) is 12.6. The van der Waals surface area contributed by atoms with E-state index in [4.69, 9.17) is 4.74 Å². The third kappa shape index (κ3) is 3.48. The van der Waals surface area contributed by atoms with Crippen LogP contribution in [0.4, 0.5) is 11.6 Å². The SMILES string of the molecule is COc1cc(NC2CCN(c3ncccc3C#N)CC2)ncn1. The number of hydrogen-bond acceptors (Lipinski definition) is 7. The van der Waals surface area contributed by atoms with Crippen LogP contribution in [0.3, 0.4) is 0 Å². The number of hydrogen-bond donors (Lipinski definition) is 1. The molecule has 0 aliphatic carbocycles. The van der Waals surface area contributed by atoms with Gasteiger partial charge in [0.15, 0.2) is 0 Å². The standard InChI is InChI=1S/C16H18N6O/c1-23-15-9-14(19-11-20-15)21-13-4-7-22(8-5-13)16-12(10-17)3-2-6-18-16/h2-3,6,9,11,13H,4-5,7-8H2,1H3,(H,19,20,21). The summed E-state index contributed by atoms with van der Waals surface area (Å²) in [6.45, 7) is 1.71. The van der Waals surface area contributed by atoms with Gasteiger partial charge in [0.1, 0.15) is 24.0 Å². The zero-order valence-electron chi connectivity index (χ0n) is 12.9. The monoisotopic (exact) mass is 310 g/mol. The molecule has 118 valence electrons. The van der Waals surface area contributed by atoms with Crippen molar-refractivity contribution in [2.24, 2.45) is 0 Å². The molecule has 3 rings (SSSR count). The minimum Gasteiger partial charge on any atom is -0.481 e. The van der Waals surface area contributed by atoms with E-state index in [1.807, 2.05) is 0 Å². The van der Waals surface area contributed by atoms with Crippen LogP contribution >= 0.6 is 0 Å². The van der Waals surface area contributed by atoms with Crippen LogP contribution in [-0.4, -0.2) is 41.2 Å². The van der Waals surface area contributed by atoms with Crippen LogP contribution in [-0.2, 0) is 0 Å². The molecular formula is C16H18N6O. The van der Waals surface area contributed by atoms with Crippen LogP contribution in [0.1, 0.15) is 18.4 Å². The minimum absolute atomic E-state index is 0.333. The zero-order chi connectivity index (χ0) is 16.1. The average molecular weight is 310 g/mol. The van der Waals surface area contributed by atoms with Crippen molar-refractivity contribution in [1.82, 2.24) is 15.0 Å². The van der Waals surface area contributed by atoms with Gasteiger partial charge in [-0.25, -0.2) is 15.0 Å². The molecule has 0 aromatic carbocycles. The highest BCUT2D eigenvalue weighted by molar-refractivity contribution is 5.53. The summed E-state index contributed by atoms with van der Waals surface area (Å²) >= 11 is 0. The maximum Gasteiger partial charge on any atom is 0.218 e. The quantitative estimate of drug-likeness (QED) is 0.921. The molecule has 0 saturated carbocycles. The summed E-state index contributed by atoms with van der Waals surface area (Å²) in [5.41, 5.74) is 0.624. The van der Waals surface area contributed by atoms with E-state index in [0.717, 1.165) is 37.6 Å². The number of piperidine rings is 1. The van der Waals surface area contributed by atoms with E-state index in [1.54, 1.807) is 31.5 Å². The Morgan fingerprint density at radius 3 is 2.87 bits per heavy atom. The van der Waals surface area contributed by atoms with Gasteiger partial charge in [0.05, 0.1) is 12.7 Å². The number of rotatable bonds is 4. The molecule has 0 atom stereocenters. The maximum absolute atomic E-state index is 9.19. The number of methoxy groups -OCH3 is 1. The highest BCUT2D eigenvalue weighted by Crippen LogP contribution is 2.23. The summed E-state index contributed by atoms with van der Waals surface area (Å²) in [6.07, 6.45) is 5.12. The first-order chi connectivity index (χ1) is 11.3. The highest BCUT2D eigenvalue weighted by Gasteiger charge is 2.22. The van der Waals surface area contributed by atoms with Gasteiger partial charge >= 0.3 is 0 Å². The fraction of sp³-hybridized carbons (Fsp3) is 0.375. The van der Waals surface area contributed by atoms with Crippen molar-refractivity contribution >= 4 is 11.6 Å². The number of anilines is 2. The molecule has 3 heterocycles. The Balaban J connectivity index is 1.61. The molecular weight excluding hydrogens is 292 g/mol. The Kier molecular flexibility index (Phi) is 4.52. The third-order valence-electron chi connectivity index (χ3n) is 3.90. The molecule has 0 bridgehead atoms. The minimum atomic E-state index is 0.333. The van der Waals surface area contributed by atoms with E-state index in [-0.39, 0.29) is 0 Å². The van der Waals surface area contributed by atoms with Crippen molar-refractivity contribution in [2.75, 3.05) is 30.4 Å². The molecule has 0 radical (unpaired) electrons. The third-order valence-corrected chi connectivity index (χ3v) is 3.90. The lowest BCUT2D eigenvalue weighted by molar-refractivity contribution is 0.397. The van der Waals surface area contributed by atoms with Crippen molar-refractivity contribution in [3.05, 3.63) is 36.3 Å².